The highest BCUT2D eigenvalue weighted by Crippen LogP contribution is 2.68. The number of carbonyl (C=O) groups excluding carboxylic acids is 2. The first-order chi connectivity index (χ1) is 15.8. The van der Waals surface area contributed by atoms with E-state index in [4.69, 9.17) is 4.74 Å². The highest BCUT2D eigenvalue weighted by molar-refractivity contribution is 6.05. The minimum absolute atomic E-state index is 0.0442. The SMILES string of the molecule is CC(C)C(C)[C@@H](O)[C@@H]1O[C@H]2C[C@@]3(O)C4=C(C(=O)[C@H](O)[C@]3(C)[C@H]2[C@@H]1C)C1(C)CCC(=O)C=C1CC4. The lowest BCUT2D eigenvalue weighted by atomic mass is 9.50. The lowest BCUT2D eigenvalue weighted by Crippen LogP contribution is -2.63. The number of rotatable bonds is 3. The zero-order valence-corrected chi connectivity index (χ0v) is 21.3. The van der Waals surface area contributed by atoms with Crippen LogP contribution in [0, 0.1) is 34.5 Å². The van der Waals surface area contributed by atoms with E-state index in [-0.39, 0.29) is 35.4 Å². The van der Waals surface area contributed by atoms with Gasteiger partial charge in [0.15, 0.2) is 11.6 Å². The number of aliphatic hydroxyl groups excluding tert-OH is 2. The minimum atomic E-state index is -1.36. The Balaban J connectivity index is 1.58. The molecule has 2 unspecified atom stereocenters. The molecule has 1 aliphatic heterocycles. The van der Waals surface area contributed by atoms with Gasteiger partial charge in [0.25, 0.3) is 0 Å². The summed E-state index contributed by atoms with van der Waals surface area (Å²) in [6.45, 7) is 12.1. The van der Waals surface area contributed by atoms with E-state index in [2.05, 4.69) is 13.8 Å². The van der Waals surface area contributed by atoms with Crippen molar-refractivity contribution in [3.63, 3.8) is 0 Å². The largest absolute Gasteiger partial charge is 0.390 e. The average Bonchev–Trinajstić information content (AvgIpc) is 3.22. The molecular formula is C28H40O6. The number of ether oxygens (including phenoxy) is 1. The van der Waals surface area contributed by atoms with Crippen LogP contribution >= 0.6 is 0 Å². The Hall–Kier alpha value is -1.34. The quantitative estimate of drug-likeness (QED) is 0.583. The van der Waals surface area contributed by atoms with Crippen LogP contribution in [0.2, 0.25) is 0 Å². The maximum atomic E-state index is 13.9. The Labute approximate surface area is 202 Å². The van der Waals surface area contributed by atoms with E-state index >= 15 is 0 Å². The molecule has 188 valence electrons. The van der Waals surface area contributed by atoms with Crippen molar-refractivity contribution in [2.75, 3.05) is 0 Å². The highest BCUT2D eigenvalue weighted by atomic mass is 16.5. The van der Waals surface area contributed by atoms with E-state index in [1.165, 1.54) is 0 Å². The van der Waals surface area contributed by atoms with Gasteiger partial charge in [0, 0.05) is 35.2 Å². The van der Waals surface area contributed by atoms with Gasteiger partial charge in [-0.15, -0.1) is 0 Å². The van der Waals surface area contributed by atoms with Crippen molar-refractivity contribution in [1.82, 2.24) is 0 Å². The monoisotopic (exact) mass is 472 g/mol. The zero-order valence-electron chi connectivity index (χ0n) is 21.3. The number of aliphatic hydroxyl groups is 3. The summed E-state index contributed by atoms with van der Waals surface area (Å²) >= 11 is 0. The van der Waals surface area contributed by atoms with Crippen LogP contribution in [0.3, 0.4) is 0 Å². The van der Waals surface area contributed by atoms with Crippen LogP contribution in [-0.2, 0) is 14.3 Å². The van der Waals surface area contributed by atoms with E-state index in [0.29, 0.717) is 43.6 Å². The lowest BCUT2D eigenvalue weighted by molar-refractivity contribution is -0.161. The Morgan fingerprint density at radius 1 is 1.12 bits per heavy atom. The van der Waals surface area contributed by atoms with Crippen molar-refractivity contribution in [1.29, 1.82) is 0 Å². The second-order valence-corrected chi connectivity index (χ2v) is 12.6. The fraction of sp³-hybridized carbons (Fsp3) is 0.786. The van der Waals surface area contributed by atoms with Crippen LogP contribution in [-0.4, -0.2) is 56.9 Å². The first kappa shape index (κ1) is 24.4. The van der Waals surface area contributed by atoms with Crippen LogP contribution in [0.1, 0.15) is 73.6 Å². The molecule has 0 amide bonds. The minimum Gasteiger partial charge on any atom is -0.390 e. The molecule has 6 heteroatoms. The van der Waals surface area contributed by atoms with Crippen molar-refractivity contribution < 1.29 is 29.6 Å². The lowest BCUT2D eigenvalue weighted by Gasteiger charge is -2.56. The van der Waals surface area contributed by atoms with Gasteiger partial charge in [-0.05, 0) is 48.7 Å². The second-order valence-electron chi connectivity index (χ2n) is 12.6. The van der Waals surface area contributed by atoms with Gasteiger partial charge in [0.05, 0.1) is 23.9 Å². The third-order valence-electron chi connectivity index (χ3n) is 10.8. The number of fused-ring (bicyclic) bond motifs is 6. The van der Waals surface area contributed by atoms with Gasteiger partial charge < -0.3 is 20.1 Å². The summed E-state index contributed by atoms with van der Waals surface area (Å²) in [5.74, 6) is -0.253. The van der Waals surface area contributed by atoms with Crippen molar-refractivity contribution in [2.24, 2.45) is 34.5 Å². The maximum Gasteiger partial charge on any atom is 0.188 e. The summed E-state index contributed by atoms with van der Waals surface area (Å²) in [6, 6.07) is 0. The average molecular weight is 473 g/mol. The molecule has 4 aliphatic carbocycles. The molecule has 0 aromatic heterocycles. The number of ketones is 2. The third-order valence-corrected chi connectivity index (χ3v) is 10.8. The van der Waals surface area contributed by atoms with E-state index in [0.717, 1.165) is 11.1 Å². The van der Waals surface area contributed by atoms with Crippen molar-refractivity contribution in [3.8, 4) is 0 Å². The van der Waals surface area contributed by atoms with Crippen molar-refractivity contribution in [3.05, 3.63) is 22.8 Å². The fourth-order valence-corrected chi connectivity index (χ4v) is 8.34. The summed E-state index contributed by atoms with van der Waals surface area (Å²) in [5.41, 5.74) is -0.838. The van der Waals surface area contributed by atoms with Gasteiger partial charge in [-0.1, -0.05) is 47.1 Å². The Bertz CT molecular complexity index is 995. The van der Waals surface area contributed by atoms with Crippen LogP contribution in [0.5, 0.6) is 0 Å². The molecule has 10 atom stereocenters. The summed E-state index contributed by atoms with van der Waals surface area (Å²) in [4.78, 5) is 26.0. The molecular weight excluding hydrogens is 432 g/mol. The first-order valence-corrected chi connectivity index (χ1v) is 13.0. The van der Waals surface area contributed by atoms with E-state index in [1.54, 1.807) is 6.08 Å². The molecule has 34 heavy (non-hydrogen) atoms. The summed E-state index contributed by atoms with van der Waals surface area (Å²) in [5, 5.41) is 35.1. The van der Waals surface area contributed by atoms with Crippen LogP contribution in [0.4, 0.5) is 0 Å². The van der Waals surface area contributed by atoms with Gasteiger partial charge in [-0.2, -0.15) is 0 Å². The van der Waals surface area contributed by atoms with E-state index < -0.39 is 34.7 Å². The second kappa shape index (κ2) is 7.58. The van der Waals surface area contributed by atoms with Gasteiger partial charge >= 0.3 is 0 Å². The molecule has 5 rings (SSSR count). The molecule has 0 radical (unpaired) electrons. The summed E-state index contributed by atoms with van der Waals surface area (Å²) in [7, 11) is 0. The highest BCUT2D eigenvalue weighted by Gasteiger charge is 2.74. The topological polar surface area (TPSA) is 104 Å². The number of hydrogen-bond acceptors (Lipinski definition) is 6. The Morgan fingerprint density at radius 3 is 2.44 bits per heavy atom. The molecule has 0 bridgehead atoms. The predicted molar refractivity (Wildman–Crippen MR) is 127 cm³/mol. The van der Waals surface area contributed by atoms with Crippen LogP contribution in [0.15, 0.2) is 22.8 Å². The number of hydrogen-bond donors (Lipinski definition) is 3. The van der Waals surface area contributed by atoms with Crippen LogP contribution < -0.4 is 0 Å². The molecule has 0 spiro atoms. The number of carbonyl (C=O) groups is 2. The number of Topliss-reactive ketones (excluding diaryl/α,β-unsaturated/α-hetero) is 1. The molecule has 0 aromatic rings. The van der Waals surface area contributed by atoms with E-state index in [1.807, 2.05) is 27.7 Å². The third kappa shape index (κ3) is 2.83. The van der Waals surface area contributed by atoms with Gasteiger partial charge in [0.1, 0.15) is 6.10 Å². The van der Waals surface area contributed by atoms with Crippen LogP contribution in [0.25, 0.3) is 0 Å². The number of allylic oxidation sites excluding steroid dienone is 2. The van der Waals surface area contributed by atoms with Gasteiger partial charge in [-0.3, -0.25) is 9.59 Å². The van der Waals surface area contributed by atoms with Gasteiger partial charge in [-0.25, -0.2) is 0 Å². The molecule has 3 N–H and O–H groups in total. The molecule has 1 saturated carbocycles. The molecule has 1 heterocycles. The Kier molecular flexibility index (Phi) is 5.43. The van der Waals surface area contributed by atoms with Crippen molar-refractivity contribution >= 4 is 11.6 Å². The normalized spacial score (nSPS) is 47.7. The van der Waals surface area contributed by atoms with E-state index in [9.17, 15) is 24.9 Å². The Morgan fingerprint density at radius 2 is 1.79 bits per heavy atom. The smallest absolute Gasteiger partial charge is 0.188 e. The zero-order chi connectivity index (χ0) is 25.0. The summed E-state index contributed by atoms with van der Waals surface area (Å²) in [6.07, 6.45) is 1.31. The summed E-state index contributed by atoms with van der Waals surface area (Å²) < 4.78 is 6.45. The molecule has 0 aromatic carbocycles. The van der Waals surface area contributed by atoms with Crippen molar-refractivity contribution in [2.45, 2.75) is 104 Å². The predicted octanol–water partition coefficient (Wildman–Crippen LogP) is 3.13. The fourth-order valence-electron chi connectivity index (χ4n) is 8.34. The molecule has 2 fully saturated rings. The molecule has 5 aliphatic rings. The standard InChI is InChI=1S/C28H40O6/c1-13(2)14(3)22(30)24-15(4)20-19(34-24)12-28(33)18-8-7-16-11-17(29)9-10-26(16,5)21(18)23(31)25(32)27(20,28)6/h11,13-15,19-20,22,24-25,30,32-33H,7-10,12H2,1-6H3/t14?,15-,19-,20-,22+,24+,25-,26?,27-,28+/m0/s1. The molecule has 1 saturated heterocycles. The van der Waals surface area contributed by atoms with Gasteiger partial charge in [0.2, 0.25) is 0 Å². The molecule has 6 nitrogen and oxygen atoms in total. The first-order valence-electron chi connectivity index (χ1n) is 13.0. The maximum absolute atomic E-state index is 13.9.